The zero-order valence-electron chi connectivity index (χ0n) is 18.0. The van der Waals surface area contributed by atoms with Gasteiger partial charge in [-0.2, -0.15) is 0 Å². The molecule has 4 N–H and O–H groups in total. The number of morpholine rings is 1. The molecular formula is C21H23FN6O5. The van der Waals surface area contributed by atoms with Crippen LogP contribution in [-0.4, -0.2) is 60.9 Å². The Morgan fingerprint density at radius 3 is 2.55 bits per heavy atom. The minimum Gasteiger partial charge on any atom is -0.372 e. The van der Waals surface area contributed by atoms with Crippen molar-refractivity contribution in [2.24, 2.45) is 5.41 Å². The lowest BCUT2D eigenvalue weighted by atomic mass is 9.66. The van der Waals surface area contributed by atoms with Crippen molar-refractivity contribution in [2.75, 3.05) is 24.5 Å². The molecule has 1 aromatic carbocycles. The summed E-state index contributed by atoms with van der Waals surface area (Å²) in [6.07, 6.45) is -0.941. The number of rotatable bonds is 1. The summed E-state index contributed by atoms with van der Waals surface area (Å²) in [6.45, 7) is 5.08. The van der Waals surface area contributed by atoms with Gasteiger partial charge in [0.15, 0.2) is 11.2 Å². The van der Waals surface area contributed by atoms with Gasteiger partial charge in [-0.05, 0) is 25.5 Å². The van der Waals surface area contributed by atoms with Crippen LogP contribution in [0.5, 0.6) is 0 Å². The van der Waals surface area contributed by atoms with Gasteiger partial charge in [0.05, 0.1) is 29.6 Å². The maximum atomic E-state index is 16.0. The van der Waals surface area contributed by atoms with Gasteiger partial charge in [-0.15, -0.1) is 0 Å². The summed E-state index contributed by atoms with van der Waals surface area (Å²) in [4.78, 5) is 40.0. The second-order valence-electron chi connectivity index (χ2n) is 9.24. The first-order valence-corrected chi connectivity index (χ1v) is 11.0. The number of benzene rings is 1. The number of carbonyl (C=O) groups is 3. The van der Waals surface area contributed by atoms with Gasteiger partial charge in [-0.25, -0.2) is 9.18 Å². The van der Waals surface area contributed by atoms with Gasteiger partial charge in [-0.3, -0.25) is 31.1 Å². The highest BCUT2D eigenvalue weighted by Gasteiger charge is 2.63. The smallest absolute Gasteiger partial charge is 0.328 e. The first-order chi connectivity index (χ1) is 15.8. The molecule has 0 unspecified atom stereocenters. The van der Waals surface area contributed by atoms with Crippen LogP contribution in [0.15, 0.2) is 10.6 Å². The van der Waals surface area contributed by atoms with Crippen molar-refractivity contribution in [3.8, 4) is 0 Å². The van der Waals surface area contributed by atoms with Crippen molar-refractivity contribution in [1.82, 2.24) is 26.6 Å². The number of halogens is 1. The Labute approximate surface area is 187 Å². The molecule has 2 aromatic rings. The summed E-state index contributed by atoms with van der Waals surface area (Å²) in [5.41, 5.74) is 5.82. The van der Waals surface area contributed by atoms with E-state index in [1.54, 1.807) is 17.9 Å². The van der Waals surface area contributed by atoms with E-state index in [1.165, 1.54) is 0 Å². The number of amides is 4. The van der Waals surface area contributed by atoms with Crippen LogP contribution in [0.3, 0.4) is 0 Å². The third-order valence-electron chi connectivity index (χ3n) is 7.20. The molecule has 0 radical (unpaired) electrons. The Morgan fingerprint density at radius 2 is 1.85 bits per heavy atom. The number of nitrogens with one attached hydrogen (secondary N) is 4. The summed E-state index contributed by atoms with van der Waals surface area (Å²) in [5.74, 6) is -2.01. The number of nitrogens with zero attached hydrogens (tertiary/aromatic N) is 2. The number of fused-ring (bicyclic) bond motifs is 5. The minimum atomic E-state index is -1.66. The number of anilines is 1. The fourth-order valence-corrected chi connectivity index (χ4v) is 5.92. The highest BCUT2D eigenvalue weighted by molar-refractivity contribution is 6.20. The first kappa shape index (κ1) is 20.5. The van der Waals surface area contributed by atoms with E-state index in [4.69, 9.17) is 9.26 Å². The number of hydrogen-bond acceptors (Lipinski definition) is 9. The number of ether oxygens (including phenoxy) is 1. The zero-order chi connectivity index (χ0) is 23.1. The van der Waals surface area contributed by atoms with Gasteiger partial charge in [0.1, 0.15) is 0 Å². The SMILES string of the molecule is C[C@@H]1CN2c3c(cc4c(C5CNNC5)noc4c3F)CC3(C(=O)NC(=O)NC3=O)[C@H]2[C@H](C)O1. The summed E-state index contributed by atoms with van der Waals surface area (Å²) >= 11 is 0. The standard InChI is InChI=1S/C21H23FN6O5/c1-8-7-28-15-10(3-12-14(11-5-23-24-6-11)27-33-16(12)13(15)22)4-21(17(28)9(2)32-8)18(29)25-20(31)26-19(21)30/h3,8-9,11,17,23-24H,4-7H2,1-2H3,(H2,25,26,29,30,31)/t8-,9+,17-/m1/s1. The highest BCUT2D eigenvalue weighted by atomic mass is 19.1. The van der Waals surface area contributed by atoms with E-state index < -0.39 is 41.2 Å². The molecule has 11 nitrogen and oxygen atoms in total. The Hall–Kier alpha value is -3.09. The van der Waals surface area contributed by atoms with E-state index in [9.17, 15) is 14.4 Å². The van der Waals surface area contributed by atoms with Crippen molar-refractivity contribution in [3.05, 3.63) is 23.1 Å². The van der Waals surface area contributed by atoms with E-state index >= 15 is 4.39 Å². The Morgan fingerprint density at radius 1 is 1.15 bits per heavy atom. The molecule has 174 valence electrons. The molecule has 5 heterocycles. The first-order valence-electron chi connectivity index (χ1n) is 11.0. The minimum absolute atomic E-state index is 0.0173. The lowest BCUT2D eigenvalue weighted by Crippen LogP contribution is -2.75. The Bertz CT molecular complexity index is 1190. The fraction of sp³-hybridized carbons (Fsp3) is 0.524. The number of urea groups is 1. The summed E-state index contributed by atoms with van der Waals surface area (Å²) in [5, 5.41) is 9.13. The molecule has 0 aliphatic carbocycles. The van der Waals surface area contributed by atoms with Gasteiger partial charge in [0.25, 0.3) is 0 Å². The molecule has 12 heteroatoms. The monoisotopic (exact) mass is 458 g/mol. The van der Waals surface area contributed by atoms with Gasteiger partial charge >= 0.3 is 6.03 Å². The number of imide groups is 2. The number of barbiturate groups is 1. The van der Waals surface area contributed by atoms with Crippen LogP contribution in [0.4, 0.5) is 14.9 Å². The van der Waals surface area contributed by atoms with Crippen molar-refractivity contribution in [1.29, 1.82) is 0 Å². The molecule has 33 heavy (non-hydrogen) atoms. The molecule has 6 rings (SSSR count). The lowest BCUT2D eigenvalue weighted by Gasteiger charge is -2.55. The van der Waals surface area contributed by atoms with Crippen molar-refractivity contribution >= 4 is 34.5 Å². The van der Waals surface area contributed by atoms with Crippen LogP contribution in [-0.2, 0) is 20.7 Å². The molecule has 4 aliphatic rings. The second kappa shape index (κ2) is 6.95. The second-order valence-corrected chi connectivity index (χ2v) is 9.24. The predicted octanol–water partition coefficient (Wildman–Crippen LogP) is 0.0490. The quantitative estimate of drug-likeness (QED) is 0.437. The molecule has 1 spiro atoms. The predicted molar refractivity (Wildman–Crippen MR) is 112 cm³/mol. The maximum absolute atomic E-state index is 16.0. The van der Waals surface area contributed by atoms with E-state index in [0.29, 0.717) is 29.7 Å². The maximum Gasteiger partial charge on any atom is 0.328 e. The Kier molecular flexibility index (Phi) is 4.32. The summed E-state index contributed by atoms with van der Waals surface area (Å²) in [7, 11) is 0. The largest absolute Gasteiger partial charge is 0.372 e. The molecule has 0 bridgehead atoms. The number of hydrazine groups is 1. The molecule has 4 amide bonds. The number of hydrogen-bond donors (Lipinski definition) is 4. The molecule has 3 fully saturated rings. The van der Waals surface area contributed by atoms with Crippen LogP contribution < -0.4 is 26.4 Å². The van der Waals surface area contributed by atoms with Gasteiger partial charge in [-0.1, -0.05) is 5.16 Å². The summed E-state index contributed by atoms with van der Waals surface area (Å²) < 4.78 is 27.4. The lowest BCUT2D eigenvalue weighted by molar-refractivity contribution is -0.153. The zero-order valence-corrected chi connectivity index (χ0v) is 18.0. The van der Waals surface area contributed by atoms with Gasteiger partial charge < -0.3 is 14.2 Å². The molecule has 0 saturated carbocycles. The van der Waals surface area contributed by atoms with Crippen LogP contribution in [0.25, 0.3) is 11.0 Å². The third-order valence-corrected chi connectivity index (χ3v) is 7.20. The molecule has 1 aromatic heterocycles. The summed E-state index contributed by atoms with van der Waals surface area (Å²) in [6, 6.07) is 0.0827. The van der Waals surface area contributed by atoms with Crippen molar-refractivity contribution in [2.45, 2.75) is 44.4 Å². The van der Waals surface area contributed by atoms with E-state index in [1.807, 2.05) is 6.92 Å². The highest BCUT2D eigenvalue weighted by Crippen LogP contribution is 2.49. The van der Waals surface area contributed by atoms with Crippen LogP contribution in [0.2, 0.25) is 0 Å². The van der Waals surface area contributed by atoms with Crippen molar-refractivity contribution < 1.29 is 28.0 Å². The third kappa shape index (κ3) is 2.71. The molecule has 3 saturated heterocycles. The van der Waals surface area contributed by atoms with E-state index in [-0.39, 0.29) is 36.3 Å². The topological polar surface area (TPSA) is 138 Å². The van der Waals surface area contributed by atoms with Crippen molar-refractivity contribution in [3.63, 3.8) is 0 Å². The average molecular weight is 458 g/mol. The molecule has 4 aliphatic heterocycles. The molecule has 3 atom stereocenters. The van der Waals surface area contributed by atoms with Gasteiger partial charge in [0, 0.05) is 37.4 Å². The molecular weight excluding hydrogens is 435 g/mol. The normalized spacial score (nSPS) is 29.2. The number of carbonyl (C=O) groups excluding carboxylic acids is 3. The fourth-order valence-electron chi connectivity index (χ4n) is 5.92. The average Bonchev–Trinajstić information content (AvgIpc) is 3.41. The van der Waals surface area contributed by atoms with Crippen LogP contribution in [0, 0.1) is 11.2 Å². The van der Waals surface area contributed by atoms with Gasteiger partial charge in [0.2, 0.25) is 17.4 Å². The number of aromatic nitrogens is 1. The van der Waals surface area contributed by atoms with Crippen LogP contribution in [0.1, 0.15) is 31.0 Å². The van der Waals surface area contributed by atoms with E-state index in [2.05, 4.69) is 26.6 Å². The Balaban J connectivity index is 1.58. The van der Waals surface area contributed by atoms with Crippen LogP contribution >= 0.6 is 0 Å². The van der Waals surface area contributed by atoms with E-state index in [0.717, 1.165) is 0 Å².